The number of pyridine rings is 1. The standard InChI is InChI=1S/C29H24FN3O3/c1-17-6-13-25(32-16-17)33-28(34)21-5-3-4-19(14-21)20-9-12-24-23(15-20)26(29(35)31-2)27(36-24)18-7-10-22(30)11-8-18/h3-16,26-27H,1-2H3,(H,31,35)(H,32,33,34). The summed E-state index contributed by atoms with van der Waals surface area (Å²) >= 11 is 0. The normalized spacial score (nSPS) is 16.1. The van der Waals surface area contributed by atoms with Crippen LogP contribution in [-0.4, -0.2) is 23.8 Å². The third kappa shape index (κ3) is 4.55. The molecule has 1 aliphatic rings. The van der Waals surface area contributed by atoms with Crippen molar-refractivity contribution in [1.29, 1.82) is 0 Å². The van der Waals surface area contributed by atoms with Crippen molar-refractivity contribution in [3.05, 3.63) is 113 Å². The average Bonchev–Trinajstić information content (AvgIpc) is 3.29. The summed E-state index contributed by atoms with van der Waals surface area (Å²) in [5.74, 6) is -0.340. The number of nitrogens with one attached hydrogen (secondary N) is 2. The van der Waals surface area contributed by atoms with E-state index in [9.17, 15) is 14.0 Å². The summed E-state index contributed by atoms with van der Waals surface area (Å²) in [6, 6.07) is 22.5. The van der Waals surface area contributed by atoms with E-state index in [-0.39, 0.29) is 17.6 Å². The van der Waals surface area contributed by atoms with Gasteiger partial charge in [0, 0.05) is 24.4 Å². The maximum absolute atomic E-state index is 13.5. The summed E-state index contributed by atoms with van der Waals surface area (Å²) in [6.45, 7) is 1.93. The topological polar surface area (TPSA) is 80.3 Å². The maximum Gasteiger partial charge on any atom is 0.256 e. The number of benzene rings is 3. The third-order valence-electron chi connectivity index (χ3n) is 6.24. The van der Waals surface area contributed by atoms with E-state index >= 15 is 0 Å². The van der Waals surface area contributed by atoms with E-state index in [0.29, 0.717) is 22.7 Å². The molecule has 4 aromatic rings. The quantitative estimate of drug-likeness (QED) is 0.399. The van der Waals surface area contributed by atoms with Crippen molar-refractivity contribution < 1.29 is 18.7 Å². The summed E-state index contributed by atoms with van der Waals surface area (Å²) < 4.78 is 19.6. The molecule has 0 saturated carbocycles. The summed E-state index contributed by atoms with van der Waals surface area (Å²) in [7, 11) is 1.58. The zero-order valence-electron chi connectivity index (χ0n) is 19.8. The molecule has 0 fully saturated rings. The number of carbonyl (C=O) groups is 2. The van der Waals surface area contributed by atoms with Crippen molar-refractivity contribution in [2.75, 3.05) is 12.4 Å². The van der Waals surface area contributed by atoms with Crippen molar-refractivity contribution in [2.45, 2.75) is 18.9 Å². The molecule has 2 heterocycles. The minimum absolute atomic E-state index is 0.195. The van der Waals surface area contributed by atoms with E-state index in [4.69, 9.17) is 4.74 Å². The molecule has 0 saturated heterocycles. The number of aryl methyl sites for hydroxylation is 1. The fourth-order valence-electron chi connectivity index (χ4n) is 4.36. The first-order valence-corrected chi connectivity index (χ1v) is 11.5. The van der Waals surface area contributed by atoms with Gasteiger partial charge < -0.3 is 15.4 Å². The Bertz CT molecular complexity index is 1440. The molecular weight excluding hydrogens is 457 g/mol. The number of hydrogen-bond donors (Lipinski definition) is 2. The number of ether oxygens (including phenoxy) is 1. The van der Waals surface area contributed by atoms with Crippen LogP contribution in [-0.2, 0) is 4.79 Å². The van der Waals surface area contributed by atoms with E-state index in [1.54, 1.807) is 43.6 Å². The molecule has 0 spiro atoms. The van der Waals surface area contributed by atoms with Crippen molar-refractivity contribution in [3.8, 4) is 16.9 Å². The van der Waals surface area contributed by atoms with Gasteiger partial charge in [0.25, 0.3) is 5.91 Å². The number of amides is 2. The van der Waals surface area contributed by atoms with Crippen LogP contribution in [0.15, 0.2) is 85.1 Å². The largest absolute Gasteiger partial charge is 0.484 e. The summed E-state index contributed by atoms with van der Waals surface area (Å²) in [6.07, 6.45) is 1.12. The first-order chi connectivity index (χ1) is 17.4. The first kappa shape index (κ1) is 23.2. The number of nitrogens with zero attached hydrogens (tertiary/aromatic N) is 1. The van der Waals surface area contributed by atoms with Crippen LogP contribution in [0.5, 0.6) is 5.75 Å². The number of carbonyl (C=O) groups excluding carboxylic acids is 2. The lowest BCUT2D eigenvalue weighted by Gasteiger charge is -2.18. The van der Waals surface area contributed by atoms with Crippen LogP contribution in [0.25, 0.3) is 11.1 Å². The highest BCUT2D eigenvalue weighted by atomic mass is 19.1. The highest BCUT2D eigenvalue weighted by molar-refractivity contribution is 6.04. The first-order valence-electron chi connectivity index (χ1n) is 11.5. The number of aromatic nitrogens is 1. The molecule has 0 aliphatic carbocycles. The second-order valence-corrected chi connectivity index (χ2v) is 8.69. The number of rotatable bonds is 5. The van der Waals surface area contributed by atoms with E-state index < -0.39 is 12.0 Å². The zero-order valence-corrected chi connectivity index (χ0v) is 19.8. The Hall–Kier alpha value is -4.52. The van der Waals surface area contributed by atoms with Gasteiger partial charge in [-0.15, -0.1) is 0 Å². The Morgan fingerprint density at radius 3 is 2.44 bits per heavy atom. The molecule has 2 unspecified atom stereocenters. The lowest BCUT2D eigenvalue weighted by molar-refractivity contribution is -0.123. The maximum atomic E-state index is 13.5. The summed E-state index contributed by atoms with van der Waals surface area (Å²) in [5.41, 5.74) is 4.61. The monoisotopic (exact) mass is 481 g/mol. The summed E-state index contributed by atoms with van der Waals surface area (Å²) in [5, 5.41) is 5.53. The number of halogens is 1. The number of hydrogen-bond acceptors (Lipinski definition) is 4. The number of likely N-dealkylation sites (N-methyl/N-ethyl adjacent to an activating group) is 1. The highest BCUT2D eigenvalue weighted by Crippen LogP contribution is 2.47. The third-order valence-corrected chi connectivity index (χ3v) is 6.24. The van der Waals surface area contributed by atoms with Crippen LogP contribution < -0.4 is 15.4 Å². The number of fused-ring (bicyclic) bond motifs is 1. The molecule has 3 aromatic carbocycles. The van der Waals surface area contributed by atoms with Gasteiger partial charge >= 0.3 is 0 Å². The van der Waals surface area contributed by atoms with Gasteiger partial charge in [0.2, 0.25) is 5.91 Å². The Morgan fingerprint density at radius 2 is 1.72 bits per heavy atom. The molecule has 0 bridgehead atoms. The second-order valence-electron chi connectivity index (χ2n) is 8.69. The average molecular weight is 482 g/mol. The van der Waals surface area contributed by atoms with Crippen molar-refractivity contribution in [1.82, 2.24) is 10.3 Å². The van der Waals surface area contributed by atoms with Gasteiger partial charge in [0.05, 0.1) is 0 Å². The fraction of sp³-hybridized carbons (Fsp3) is 0.138. The molecule has 2 N–H and O–H groups in total. The molecule has 180 valence electrons. The van der Waals surface area contributed by atoms with Gasteiger partial charge in [0.15, 0.2) is 0 Å². The van der Waals surface area contributed by atoms with E-state index in [0.717, 1.165) is 22.3 Å². The lowest BCUT2D eigenvalue weighted by atomic mass is 9.88. The van der Waals surface area contributed by atoms with Gasteiger partial charge in [-0.1, -0.05) is 36.4 Å². The van der Waals surface area contributed by atoms with E-state index in [2.05, 4.69) is 15.6 Å². The minimum atomic E-state index is -0.602. The molecule has 6 nitrogen and oxygen atoms in total. The molecule has 1 aromatic heterocycles. The van der Waals surface area contributed by atoms with Crippen molar-refractivity contribution in [2.24, 2.45) is 0 Å². The molecule has 2 amide bonds. The van der Waals surface area contributed by atoms with Crippen LogP contribution in [0.3, 0.4) is 0 Å². The van der Waals surface area contributed by atoms with Gasteiger partial charge in [-0.25, -0.2) is 9.37 Å². The molecule has 7 heteroatoms. The summed E-state index contributed by atoms with van der Waals surface area (Å²) in [4.78, 5) is 29.9. The lowest BCUT2D eigenvalue weighted by Crippen LogP contribution is -2.28. The molecule has 0 radical (unpaired) electrons. The Kier molecular flexibility index (Phi) is 6.21. The highest BCUT2D eigenvalue weighted by Gasteiger charge is 2.40. The van der Waals surface area contributed by atoms with Gasteiger partial charge in [-0.05, 0) is 71.6 Å². The van der Waals surface area contributed by atoms with Gasteiger partial charge in [0.1, 0.15) is 29.4 Å². The molecular formula is C29H24FN3O3. The molecule has 36 heavy (non-hydrogen) atoms. The zero-order chi connectivity index (χ0) is 25.2. The molecule has 5 rings (SSSR count). The Morgan fingerprint density at radius 1 is 0.944 bits per heavy atom. The number of anilines is 1. The van der Waals surface area contributed by atoms with Crippen LogP contribution in [0.4, 0.5) is 10.2 Å². The van der Waals surface area contributed by atoms with Crippen LogP contribution in [0.1, 0.15) is 39.1 Å². The fourth-order valence-corrected chi connectivity index (χ4v) is 4.36. The van der Waals surface area contributed by atoms with E-state index in [1.807, 2.05) is 43.3 Å². The SMILES string of the molecule is CNC(=O)C1c2cc(-c3cccc(C(=O)Nc4ccc(C)cn4)c3)ccc2OC1c1ccc(F)cc1. The minimum Gasteiger partial charge on any atom is -0.484 e. The van der Waals surface area contributed by atoms with Gasteiger partial charge in [-0.3, -0.25) is 9.59 Å². The predicted molar refractivity (Wildman–Crippen MR) is 135 cm³/mol. The van der Waals surface area contributed by atoms with Crippen LogP contribution in [0.2, 0.25) is 0 Å². The smallest absolute Gasteiger partial charge is 0.256 e. The van der Waals surface area contributed by atoms with Crippen molar-refractivity contribution in [3.63, 3.8) is 0 Å². The second kappa shape index (κ2) is 9.62. The Labute approximate surface area is 208 Å². The Balaban J connectivity index is 1.45. The van der Waals surface area contributed by atoms with Crippen molar-refractivity contribution >= 4 is 17.6 Å². The molecule has 1 aliphatic heterocycles. The van der Waals surface area contributed by atoms with Crippen LogP contribution in [0, 0.1) is 12.7 Å². The predicted octanol–water partition coefficient (Wildman–Crippen LogP) is 5.41. The molecule has 2 atom stereocenters. The van der Waals surface area contributed by atoms with Gasteiger partial charge in [-0.2, -0.15) is 0 Å². The van der Waals surface area contributed by atoms with E-state index in [1.165, 1.54) is 12.1 Å². The van der Waals surface area contributed by atoms with Crippen LogP contribution >= 0.6 is 0 Å².